The molecule has 4 nitrogen and oxygen atoms in total. The van der Waals surface area contributed by atoms with Gasteiger partial charge in [0, 0.05) is 38.1 Å². The Morgan fingerprint density at radius 2 is 2.00 bits per heavy atom. The number of piperidine rings is 1. The summed E-state index contributed by atoms with van der Waals surface area (Å²) in [5.74, 6) is 0. The van der Waals surface area contributed by atoms with Gasteiger partial charge >= 0.3 is 0 Å². The summed E-state index contributed by atoms with van der Waals surface area (Å²) in [6.07, 6.45) is 3.19. The highest BCUT2D eigenvalue weighted by molar-refractivity contribution is 9.09. The van der Waals surface area contributed by atoms with E-state index in [0.29, 0.717) is 12.2 Å². The second-order valence-corrected chi connectivity index (χ2v) is 6.24. The van der Waals surface area contributed by atoms with Gasteiger partial charge < -0.3 is 14.4 Å². The van der Waals surface area contributed by atoms with Crippen LogP contribution in [-0.4, -0.2) is 79.8 Å². The van der Waals surface area contributed by atoms with Crippen molar-refractivity contribution in [1.29, 1.82) is 0 Å². The molecule has 19 heavy (non-hydrogen) atoms. The molecule has 0 aromatic heterocycles. The molecule has 0 aromatic rings. The van der Waals surface area contributed by atoms with Crippen molar-refractivity contribution < 1.29 is 9.47 Å². The van der Waals surface area contributed by atoms with Crippen LogP contribution in [0.3, 0.4) is 0 Å². The summed E-state index contributed by atoms with van der Waals surface area (Å²) in [4.78, 5) is 5.03. The van der Waals surface area contributed by atoms with Crippen LogP contribution in [-0.2, 0) is 9.47 Å². The minimum atomic E-state index is 0.397. The van der Waals surface area contributed by atoms with Gasteiger partial charge in [-0.2, -0.15) is 0 Å². The molecule has 2 aliphatic heterocycles. The van der Waals surface area contributed by atoms with E-state index in [4.69, 9.17) is 9.47 Å². The highest BCUT2D eigenvalue weighted by Crippen LogP contribution is 2.15. The molecule has 5 heteroatoms. The average Bonchev–Trinajstić information content (AvgIpc) is 2.47. The third-order valence-corrected chi connectivity index (χ3v) is 4.42. The van der Waals surface area contributed by atoms with Gasteiger partial charge in [-0.3, -0.25) is 4.90 Å². The van der Waals surface area contributed by atoms with Crippen molar-refractivity contribution in [1.82, 2.24) is 9.80 Å². The van der Waals surface area contributed by atoms with Crippen molar-refractivity contribution in [3.63, 3.8) is 0 Å². The molecular weight excluding hydrogens is 308 g/mol. The summed E-state index contributed by atoms with van der Waals surface area (Å²) in [7, 11) is 0. The third kappa shape index (κ3) is 5.31. The van der Waals surface area contributed by atoms with Crippen molar-refractivity contribution in [3.05, 3.63) is 0 Å². The van der Waals surface area contributed by atoms with Gasteiger partial charge in [-0.25, -0.2) is 0 Å². The van der Waals surface area contributed by atoms with E-state index in [0.717, 1.165) is 70.7 Å². The van der Waals surface area contributed by atoms with E-state index in [9.17, 15) is 0 Å². The first-order valence-electron chi connectivity index (χ1n) is 7.55. The van der Waals surface area contributed by atoms with Gasteiger partial charge in [0.25, 0.3) is 0 Å². The molecule has 0 N–H and O–H groups in total. The fourth-order valence-electron chi connectivity index (χ4n) is 2.94. The first-order chi connectivity index (χ1) is 9.31. The number of hydrogen-bond donors (Lipinski definition) is 0. The number of morpholine rings is 1. The molecule has 1 atom stereocenters. The number of likely N-dealkylation sites (tertiary alicyclic amines) is 1. The molecule has 2 fully saturated rings. The summed E-state index contributed by atoms with van der Waals surface area (Å²) >= 11 is 3.41. The van der Waals surface area contributed by atoms with Gasteiger partial charge in [0.1, 0.15) is 0 Å². The lowest BCUT2D eigenvalue weighted by atomic mass is 10.1. The van der Waals surface area contributed by atoms with Crippen LogP contribution in [0.4, 0.5) is 0 Å². The van der Waals surface area contributed by atoms with E-state index in [2.05, 4.69) is 32.7 Å². The zero-order chi connectivity index (χ0) is 13.5. The van der Waals surface area contributed by atoms with Crippen molar-refractivity contribution in [2.75, 3.05) is 57.8 Å². The van der Waals surface area contributed by atoms with Crippen LogP contribution in [0.25, 0.3) is 0 Å². The number of hydrogen-bond acceptors (Lipinski definition) is 4. The van der Waals surface area contributed by atoms with Crippen LogP contribution in [0.5, 0.6) is 0 Å². The Balaban J connectivity index is 1.64. The maximum absolute atomic E-state index is 5.88. The molecular formula is C14H27BrN2O2. The number of alkyl halides is 1. The minimum Gasteiger partial charge on any atom is -0.377 e. The molecule has 2 heterocycles. The first-order valence-corrected chi connectivity index (χ1v) is 8.67. The van der Waals surface area contributed by atoms with Crippen molar-refractivity contribution in [2.24, 2.45) is 0 Å². The third-order valence-electron chi connectivity index (χ3n) is 4.10. The van der Waals surface area contributed by atoms with Crippen LogP contribution in [0.1, 0.15) is 19.8 Å². The molecule has 0 spiro atoms. The average molecular weight is 335 g/mol. The molecule has 0 radical (unpaired) electrons. The lowest BCUT2D eigenvalue weighted by molar-refractivity contribution is -0.0527. The zero-order valence-corrected chi connectivity index (χ0v) is 13.6. The Morgan fingerprint density at radius 1 is 1.21 bits per heavy atom. The quantitative estimate of drug-likeness (QED) is 0.688. The monoisotopic (exact) mass is 334 g/mol. The van der Waals surface area contributed by atoms with Crippen LogP contribution in [0.15, 0.2) is 0 Å². The van der Waals surface area contributed by atoms with Crippen LogP contribution in [0.2, 0.25) is 0 Å². The van der Waals surface area contributed by atoms with E-state index >= 15 is 0 Å². The standard InChI is InChI=1S/C14H27BrN2O2/c1-2-16-8-10-19-14(11-16)12-17-6-3-13(4-7-17)18-9-5-15/h13-14H,2-12H2,1H3. The summed E-state index contributed by atoms with van der Waals surface area (Å²) in [6, 6.07) is 0. The summed E-state index contributed by atoms with van der Waals surface area (Å²) in [5, 5.41) is 0.940. The van der Waals surface area contributed by atoms with Crippen LogP contribution < -0.4 is 0 Å². The molecule has 0 bridgehead atoms. The van der Waals surface area contributed by atoms with E-state index < -0.39 is 0 Å². The Bertz CT molecular complexity index is 248. The smallest absolute Gasteiger partial charge is 0.0829 e. The van der Waals surface area contributed by atoms with E-state index in [-0.39, 0.29) is 0 Å². The molecule has 0 amide bonds. The number of ether oxygens (including phenoxy) is 2. The molecule has 0 aliphatic carbocycles. The van der Waals surface area contributed by atoms with Crippen molar-refractivity contribution in [3.8, 4) is 0 Å². The maximum atomic E-state index is 5.88. The van der Waals surface area contributed by atoms with Gasteiger partial charge in [0.05, 0.1) is 25.4 Å². The predicted octanol–water partition coefficient (Wildman–Crippen LogP) is 1.58. The summed E-state index contributed by atoms with van der Waals surface area (Å²) in [6.45, 7) is 10.7. The van der Waals surface area contributed by atoms with Crippen molar-refractivity contribution >= 4 is 15.9 Å². The molecule has 2 saturated heterocycles. The van der Waals surface area contributed by atoms with E-state index in [1.165, 1.54) is 0 Å². The van der Waals surface area contributed by atoms with Gasteiger partial charge in [0.15, 0.2) is 0 Å². The van der Waals surface area contributed by atoms with Crippen LogP contribution in [0, 0.1) is 0 Å². The Kier molecular flexibility index (Phi) is 7.09. The Hall–Kier alpha value is 0.320. The molecule has 0 aromatic carbocycles. The number of nitrogens with zero attached hydrogens (tertiary/aromatic N) is 2. The summed E-state index contributed by atoms with van der Waals surface area (Å²) < 4.78 is 11.7. The van der Waals surface area contributed by atoms with E-state index in [1.54, 1.807) is 0 Å². The topological polar surface area (TPSA) is 24.9 Å². The maximum Gasteiger partial charge on any atom is 0.0829 e. The fraction of sp³-hybridized carbons (Fsp3) is 1.00. The van der Waals surface area contributed by atoms with Gasteiger partial charge in [-0.15, -0.1) is 0 Å². The molecule has 0 saturated carbocycles. The molecule has 112 valence electrons. The highest BCUT2D eigenvalue weighted by Gasteiger charge is 2.25. The van der Waals surface area contributed by atoms with E-state index in [1.807, 2.05) is 0 Å². The molecule has 2 rings (SSSR count). The number of rotatable bonds is 6. The molecule has 1 unspecified atom stereocenters. The van der Waals surface area contributed by atoms with Gasteiger partial charge in [-0.05, 0) is 19.4 Å². The normalized spacial score (nSPS) is 27.8. The first kappa shape index (κ1) is 15.7. The summed E-state index contributed by atoms with van der Waals surface area (Å²) in [5.41, 5.74) is 0. The van der Waals surface area contributed by atoms with Gasteiger partial charge in [-0.1, -0.05) is 22.9 Å². The van der Waals surface area contributed by atoms with Crippen LogP contribution >= 0.6 is 15.9 Å². The second kappa shape index (κ2) is 8.57. The van der Waals surface area contributed by atoms with Crippen molar-refractivity contribution in [2.45, 2.75) is 32.0 Å². The number of likely N-dealkylation sites (N-methyl/N-ethyl adjacent to an activating group) is 1. The Labute approximate surface area is 125 Å². The lowest BCUT2D eigenvalue weighted by Crippen LogP contribution is -2.49. The molecule has 2 aliphatic rings. The Morgan fingerprint density at radius 3 is 2.68 bits per heavy atom. The highest BCUT2D eigenvalue weighted by atomic mass is 79.9. The van der Waals surface area contributed by atoms with Gasteiger partial charge in [0.2, 0.25) is 0 Å². The number of halogens is 1. The largest absolute Gasteiger partial charge is 0.377 e. The zero-order valence-electron chi connectivity index (χ0n) is 12.0. The second-order valence-electron chi connectivity index (χ2n) is 5.45. The minimum absolute atomic E-state index is 0.397. The lowest BCUT2D eigenvalue weighted by Gasteiger charge is -2.37. The fourth-order valence-corrected chi connectivity index (χ4v) is 3.12. The predicted molar refractivity (Wildman–Crippen MR) is 81.1 cm³/mol. The SMILES string of the molecule is CCN1CCOC(CN2CCC(OCCBr)CC2)C1.